The first-order chi connectivity index (χ1) is 16.4. The first-order valence-electron chi connectivity index (χ1n) is 10.3. The monoisotopic (exact) mass is 486 g/mol. The fourth-order valence-corrected chi connectivity index (χ4v) is 4.02. The minimum absolute atomic E-state index is 0.0910. The second-order valence-electron chi connectivity index (χ2n) is 7.36. The van der Waals surface area contributed by atoms with Crippen LogP contribution >= 0.6 is 11.3 Å². The third-order valence-electron chi connectivity index (χ3n) is 5.01. The number of carbonyl (C=O) groups excluding carboxylic acids is 1. The van der Waals surface area contributed by atoms with E-state index < -0.39 is 23.6 Å². The SMILES string of the molecule is O=C(NCc1ncc(F)cc1F)c1csc(CCN(CCc2nc3ccccc3[nH]2)C(=O)O)n1. The number of amides is 2. The molecule has 1 aromatic carbocycles. The van der Waals surface area contributed by atoms with E-state index in [1.807, 2.05) is 24.3 Å². The number of aromatic amines is 1. The van der Waals surface area contributed by atoms with Crippen molar-refractivity contribution in [3.05, 3.63) is 75.8 Å². The largest absolute Gasteiger partial charge is 0.465 e. The van der Waals surface area contributed by atoms with Gasteiger partial charge in [0.1, 0.15) is 23.2 Å². The molecule has 0 saturated carbocycles. The Morgan fingerprint density at radius 1 is 1.15 bits per heavy atom. The highest BCUT2D eigenvalue weighted by atomic mass is 32.1. The fourth-order valence-electron chi connectivity index (χ4n) is 3.26. The Hall–Kier alpha value is -3.93. The first kappa shape index (κ1) is 23.2. The number of imidazole rings is 1. The maximum Gasteiger partial charge on any atom is 0.407 e. The van der Waals surface area contributed by atoms with Gasteiger partial charge in [0.25, 0.3) is 5.91 Å². The quantitative estimate of drug-likeness (QED) is 0.333. The van der Waals surface area contributed by atoms with Crippen molar-refractivity contribution in [3.8, 4) is 0 Å². The van der Waals surface area contributed by atoms with Gasteiger partial charge in [-0.1, -0.05) is 12.1 Å². The molecule has 0 aliphatic heterocycles. The van der Waals surface area contributed by atoms with E-state index in [4.69, 9.17) is 0 Å². The van der Waals surface area contributed by atoms with Gasteiger partial charge in [0.15, 0.2) is 0 Å². The van der Waals surface area contributed by atoms with Gasteiger partial charge >= 0.3 is 6.09 Å². The molecule has 0 unspecified atom stereocenters. The molecule has 3 aromatic heterocycles. The van der Waals surface area contributed by atoms with E-state index in [1.165, 1.54) is 16.2 Å². The van der Waals surface area contributed by atoms with Gasteiger partial charge in [-0.25, -0.2) is 23.5 Å². The number of halogens is 2. The Bertz CT molecular complexity index is 1290. The van der Waals surface area contributed by atoms with E-state index in [1.54, 1.807) is 5.38 Å². The minimum atomic E-state index is -1.06. The summed E-state index contributed by atoms with van der Waals surface area (Å²) in [6.07, 6.45) is 0.576. The molecule has 176 valence electrons. The average Bonchev–Trinajstić information content (AvgIpc) is 3.45. The lowest BCUT2D eigenvalue weighted by atomic mass is 10.3. The number of hydrogen-bond acceptors (Lipinski definition) is 6. The molecule has 0 spiro atoms. The first-order valence-corrected chi connectivity index (χ1v) is 11.2. The van der Waals surface area contributed by atoms with Gasteiger partial charge in [-0.15, -0.1) is 11.3 Å². The number of H-pyrrole nitrogens is 1. The summed E-state index contributed by atoms with van der Waals surface area (Å²) >= 11 is 1.23. The molecule has 9 nitrogen and oxygen atoms in total. The number of nitrogens with one attached hydrogen (secondary N) is 2. The number of thiazole rings is 1. The molecular formula is C22H20F2N6O3S. The summed E-state index contributed by atoms with van der Waals surface area (Å²) in [5, 5.41) is 14.2. The highest BCUT2D eigenvalue weighted by Crippen LogP contribution is 2.14. The van der Waals surface area contributed by atoms with Crippen molar-refractivity contribution in [2.75, 3.05) is 13.1 Å². The number of para-hydroxylation sites is 2. The zero-order valence-corrected chi connectivity index (χ0v) is 18.6. The van der Waals surface area contributed by atoms with Crippen LogP contribution in [0.3, 0.4) is 0 Å². The van der Waals surface area contributed by atoms with Crippen LogP contribution in [0.25, 0.3) is 11.0 Å². The van der Waals surface area contributed by atoms with Crippen molar-refractivity contribution in [1.29, 1.82) is 0 Å². The number of carboxylic acid groups (broad SMARTS) is 1. The van der Waals surface area contributed by atoms with E-state index >= 15 is 0 Å². The van der Waals surface area contributed by atoms with Crippen LogP contribution in [0.4, 0.5) is 13.6 Å². The van der Waals surface area contributed by atoms with Crippen molar-refractivity contribution in [3.63, 3.8) is 0 Å². The second-order valence-corrected chi connectivity index (χ2v) is 8.30. The van der Waals surface area contributed by atoms with Crippen LogP contribution < -0.4 is 5.32 Å². The summed E-state index contributed by atoms with van der Waals surface area (Å²) in [4.78, 5) is 40.7. The van der Waals surface area contributed by atoms with E-state index in [2.05, 4.69) is 25.3 Å². The third kappa shape index (κ3) is 5.70. The van der Waals surface area contributed by atoms with E-state index in [0.29, 0.717) is 29.7 Å². The van der Waals surface area contributed by atoms with Crippen LogP contribution in [0, 0.1) is 11.6 Å². The molecule has 4 rings (SSSR count). The van der Waals surface area contributed by atoms with Gasteiger partial charge in [0.2, 0.25) is 0 Å². The van der Waals surface area contributed by atoms with Gasteiger partial charge in [0.05, 0.1) is 34.5 Å². The number of pyridine rings is 1. The third-order valence-corrected chi connectivity index (χ3v) is 5.92. The predicted octanol–water partition coefficient (Wildman–Crippen LogP) is 3.39. The van der Waals surface area contributed by atoms with Crippen molar-refractivity contribution in [2.24, 2.45) is 0 Å². The lowest BCUT2D eigenvalue weighted by Gasteiger charge is -2.17. The van der Waals surface area contributed by atoms with E-state index in [9.17, 15) is 23.5 Å². The van der Waals surface area contributed by atoms with E-state index in [-0.39, 0.29) is 31.0 Å². The highest BCUT2D eigenvalue weighted by molar-refractivity contribution is 7.09. The zero-order valence-electron chi connectivity index (χ0n) is 17.8. The summed E-state index contributed by atoms with van der Waals surface area (Å²) < 4.78 is 26.6. The predicted molar refractivity (Wildman–Crippen MR) is 121 cm³/mol. The summed E-state index contributed by atoms with van der Waals surface area (Å²) in [6, 6.07) is 8.26. The highest BCUT2D eigenvalue weighted by Gasteiger charge is 2.16. The molecular weight excluding hydrogens is 466 g/mol. The normalized spacial score (nSPS) is 11.0. The smallest absolute Gasteiger partial charge is 0.407 e. The molecule has 3 heterocycles. The van der Waals surface area contributed by atoms with Crippen molar-refractivity contribution < 1.29 is 23.5 Å². The molecule has 0 aliphatic carbocycles. The molecule has 4 aromatic rings. The molecule has 0 atom stereocenters. The van der Waals surface area contributed by atoms with Crippen LogP contribution in [0.1, 0.15) is 27.0 Å². The fraction of sp³-hybridized carbons (Fsp3) is 0.227. The Balaban J connectivity index is 1.29. The summed E-state index contributed by atoms with van der Waals surface area (Å²) in [5.41, 5.74) is 1.76. The van der Waals surface area contributed by atoms with Crippen LogP contribution in [0.5, 0.6) is 0 Å². The number of aromatic nitrogens is 4. The molecule has 2 amide bonds. The maximum absolute atomic E-state index is 13.6. The van der Waals surface area contributed by atoms with Gasteiger partial charge < -0.3 is 20.3 Å². The Labute approximate surface area is 196 Å². The van der Waals surface area contributed by atoms with Crippen molar-refractivity contribution >= 4 is 34.4 Å². The molecule has 34 heavy (non-hydrogen) atoms. The van der Waals surface area contributed by atoms with Gasteiger partial charge in [-0.05, 0) is 12.1 Å². The van der Waals surface area contributed by atoms with Crippen LogP contribution in [-0.2, 0) is 19.4 Å². The number of nitrogens with zero attached hydrogens (tertiary/aromatic N) is 4. The lowest BCUT2D eigenvalue weighted by molar-refractivity contribution is 0.0945. The molecule has 0 radical (unpaired) electrons. The van der Waals surface area contributed by atoms with Crippen LogP contribution in [-0.4, -0.2) is 55.0 Å². The molecule has 0 bridgehead atoms. The van der Waals surface area contributed by atoms with E-state index in [0.717, 1.165) is 17.2 Å². The second kappa shape index (κ2) is 10.3. The number of carbonyl (C=O) groups is 2. The summed E-state index contributed by atoms with van der Waals surface area (Å²) in [7, 11) is 0. The zero-order chi connectivity index (χ0) is 24.1. The molecule has 12 heteroatoms. The summed E-state index contributed by atoms with van der Waals surface area (Å²) in [6.45, 7) is 0.241. The molecule has 0 saturated heterocycles. The number of rotatable bonds is 9. The average molecular weight is 487 g/mol. The van der Waals surface area contributed by atoms with Gasteiger partial charge in [-0.3, -0.25) is 9.78 Å². The summed E-state index contributed by atoms with van der Waals surface area (Å²) in [5.74, 6) is -1.49. The standard InChI is InChI=1S/C22H20F2N6O3S/c23-13-9-14(24)17(25-10-13)11-26-21(31)18-12-34-20(29-18)6-8-30(22(32)33)7-5-19-27-15-3-1-2-4-16(15)28-19/h1-4,9-10,12H,5-8,11H2,(H,26,31)(H,27,28)(H,32,33). The Morgan fingerprint density at radius 3 is 2.71 bits per heavy atom. The van der Waals surface area contributed by atoms with Crippen LogP contribution in [0.2, 0.25) is 0 Å². The lowest BCUT2D eigenvalue weighted by Crippen LogP contribution is -2.33. The minimum Gasteiger partial charge on any atom is -0.465 e. The molecule has 0 aliphatic rings. The van der Waals surface area contributed by atoms with Crippen molar-refractivity contribution in [1.82, 2.24) is 30.2 Å². The topological polar surface area (TPSA) is 124 Å². The van der Waals surface area contributed by atoms with Crippen molar-refractivity contribution in [2.45, 2.75) is 19.4 Å². The number of fused-ring (bicyclic) bond motifs is 1. The maximum atomic E-state index is 13.6. The Morgan fingerprint density at radius 2 is 1.94 bits per heavy atom. The van der Waals surface area contributed by atoms with Crippen LogP contribution in [0.15, 0.2) is 41.9 Å². The number of benzene rings is 1. The van der Waals surface area contributed by atoms with Gasteiger partial charge in [-0.2, -0.15) is 0 Å². The molecule has 0 fully saturated rings. The Kier molecular flexibility index (Phi) is 7.07. The van der Waals surface area contributed by atoms with Gasteiger partial charge in [0, 0.05) is 37.4 Å². The molecule has 3 N–H and O–H groups in total. The number of hydrogen-bond donors (Lipinski definition) is 3.